The average Bonchev–Trinajstić information content (AvgIpc) is 3.51. The number of nitrogens with zero attached hydrogens (tertiary/aromatic N) is 1. The largest absolute Gasteiger partial charge is 0.390 e. The van der Waals surface area contributed by atoms with Crippen LogP contribution in [0.25, 0.3) is 43.6 Å². The van der Waals surface area contributed by atoms with Crippen molar-refractivity contribution >= 4 is 61.2 Å². The number of carbonyl (C=O) groups excluding carboxylic acids is 3. The van der Waals surface area contributed by atoms with Gasteiger partial charge in [-0.1, -0.05) is 36.4 Å². The zero-order valence-electron chi connectivity index (χ0n) is 17.1. The van der Waals surface area contributed by atoms with E-state index in [0.717, 1.165) is 16.3 Å². The summed E-state index contributed by atoms with van der Waals surface area (Å²) in [5.41, 5.74) is 3.33. The van der Waals surface area contributed by atoms with Crippen molar-refractivity contribution in [3.63, 3.8) is 0 Å². The van der Waals surface area contributed by atoms with Gasteiger partial charge < -0.3 is 19.8 Å². The lowest BCUT2D eigenvalue weighted by molar-refractivity contribution is -0.128. The van der Waals surface area contributed by atoms with E-state index in [4.69, 9.17) is 0 Å². The average molecular weight is 439 g/mol. The number of aliphatic hydroxyl groups is 2. The van der Waals surface area contributed by atoms with Crippen molar-refractivity contribution in [2.45, 2.75) is 24.7 Å². The Balaban J connectivity index is 1.78. The first-order valence-corrected chi connectivity index (χ1v) is 10.7. The van der Waals surface area contributed by atoms with Gasteiger partial charge in [0.15, 0.2) is 5.78 Å². The van der Waals surface area contributed by atoms with Crippen LogP contribution in [0.15, 0.2) is 48.5 Å². The van der Waals surface area contributed by atoms with Crippen LogP contribution < -0.4 is 5.32 Å². The molecule has 0 spiro atoms. The van der Waals surface area contributed by atoms with Gasteiger partial charge in [0, 0.05) is 39.0 Å². The summed E-state index contributed by atoms with van der Waals surface area (Å²) < 4.78 is 1.81. The summed E-state index contributed by atoms with van der Waals surface area (Å²) in [5.74, 6) is -1.41. The maximum Gasteiger partial charge on any atom is 0.259 e. The fourth-order valence-corrected chi connectivity index (χ4v) is 5.69. The number of nitrogens with one attached hydrogen (secondary N) is 2. The summed E-state index contributed by atoms with van der Waals surface area (Å²) in [6, 6.07) is 14.1. The fraction of sp³-hybridized carbons (Fsp3) is 0.160. The number of rotatable bonds is 1. The van der Waals surface area contributed by atoms with Crippen LogP contribution in [-0.2, 0) is 4.79 Å². The van der Waals surface area contributed by atoms with Crippen molar-refractivity contribution in [3.8, 4) is 0 Å². The lowest BCUT2D eigenvalue weighted by Crippen LogP contribution is -2.26. The molecule has 0 bridgehead atoms. The summed E-state index contributed by atoms with van der Waals surface area (Å²) in [6.45, 7) is 0. The molecular formula is C25H17N3O5. The van der Waals surface area contributed by atoms with Gasteiger partial charge in [-0.3, -0.25) is 19.7 Å². The van der Waals surface area contributed by atoms with Gasteiger partial charge in [0.2, 0.25) is 0 Å². The number of hydrogen-bond donors (Lipinski definition) is 4. The molecule has 1 aliphatic heterocycles. The van der Waals surface area contributed by atoms with Gasteiger partial charge in [-0.15, -0.1) is 0 Å². The van der Waals surface area contributed by atoms with E-state index in [1.54, 1.807) is 4.57 Å². The minimum Gasteiger partial charge on any atom is -0.390 e. The first kappa shape index (κ1) is 18.6. The number of imide groups is 1. The smallest absolute Gasteiger partial charge is 0.259 e. The second kappa shape index (κ2) is 6.06. The molecule has 8 nitrogen and oxygen atoms in total. The molecule has 1 saturated carbocycles. The molecule has 2 aliphatic rings. The molecule has 162 valence electrons. The molecule has 1 fully saturated rings. The summed E-state index contributed by atoms with van der Waals surface area (Å²) in [4.78, 5) is 42.4. The number of hydrogen-bond acceptors (Lipinski definition) is 5. The Morgan fingerprint density at radius 2 is 1.52 bits per heavy atom. The van der Waals surface area contributed by atoms with E-state index in [-0.39, 0.29) is 12.0 Å². The third kappa shape index (κ3) is 2.14. The molecule has 3 aromatic carbocycles. The van der Waals surface area contributed by atoms with Crippen LogP contribution in [-0.4, -0.2) is 49.6 Å². The van der Waals surface area contributed by atoms with Gasteiger partial charge in [0.25, 0.3) is 11.8 Å². The second-order valence-electron chi connectivity index (χ2n) is 8.73. The lowest BCUT2D eigenvalue weighted by Gasteiger charge is -2.15. The molecule has 5 aromatic rings. The van der Waals surface area contributed by atoms with Crippen molar-refractivity contribution in [2.75, 3.05) is 0 Å². The molecule has 3 heterocycles. The van der Waals surface area contributed by atoms with E-state index in [1.807, 2.05) is 48.5 Å². The minimum atomic E-state index is -1.47. The third-order valence-electron chi connectivity index (χ3n) is 7.05. The van der Waals surface area contributed by atoms with Crippen molar-refractivity contribution in [1.29, 1.82) is 0 Å². The minimum absolute atomic E-state index is 0.0533. The summed E-state index contributed by atoms with van der Waals surface area (Å²) in [5, 5.41) is 25.6. The number of benzene rings is 3. The highest BCUT2D eigenvalue weighted by atomic mass is 16.3. The highest BCUT2D eigenvalue weighted by Crippen LogP contribution is 2.45. The van der Waals surface area contributed by atoms with E-state index in [2.05, 4.69) is 10.3 Å². The first-order valence-electron chi connectivity index (χ1n) is 10.7. The molecule has 8 heteroatoms. The summed E-state index contributed by atoms with van der Waals surface area (Å²) >= 11 is 0. The van der Waals surface area contributed by atoms with E-state index < -0.39 is 35.8 Å². The Labute approximate surface area is 185 Å². The van der Waals surface area contributed by atoms with Crippen LogP contribution in [0.5, 0.6) is 0 Å². The maximum absolute atomic E-state index is 13.0. The van der Waals surface area contributed by atoms with Crippen molar-refractivity contribution in [1.82, 2.24) is 14.9 Å². The molecule has 2 amide bonds. The van der Waals surface area contributed by atoms with Crippen LogP contribution in [0, 0.1) is 0 Å². The van der Waals surface area contributed by atoms with Crippen LogP contribution >= 0.6 is 0 Å². The van der Waals surface area contributed by atoms with Crippen molar-refractivity contribution in [3.05, 3.63) is 59.7 Å². The topological polar surface area (TPSA) is 124 Å². The van der Waals surface area contributed by atoms with E-state index >= 15 is 0 Å². The lowest BCUT2D eigenvalue weighted by atomic mass is 9.96. The quantitative estimate of drug-likeness (QED) is 0.299. The Kier molecular flexibility index (Phi) is 3.41. The zero-order chi connectivity index (χ0) is 22.6. The van der Waals surface area contributed by atoms with E-state index in [1.165, 1.54) is 0 Å². The summed E-state index contributed by atoms with van der Waals surface area (Å²) in [7, 11) is 0. The Morgan fingerprint density at radius 3 is 2.24 bits per heavy atom. The van der Waals surface area contributed by atoms with Gasteiger partial charge in [-0.2, -0.15) is 0 Å². The molecule has 7 rings (SSSR count). The summed E-state index contributed by atoms with van der Waals surface area (Å²) in [6.07, 6.45) is -2.59. The Bertz CT molecular complexity index is 1730. The van der Waals surface area contributed by atoms with Gasteiger partial charge in [-0.25, -0.2) is 0 Å². The van der Waals surface area contributed by atoms with Crippen LogP contribution in [0.1, 0.15) is 33.2 Å². The normalized spacial score (nSPS) is 22.8. The number of aromatic nitrogens is 2. The number of amides is 2. The molecular weight excluding hydrogens is 422 g/mol. The number of aromatic amines is 1. The van der Waals surface area contributed by atoms with Crippen molar-refractivity contribution in [2.24, 2.45) is 0 Å². The first-order chi connectivity index (χ1) is 16.0. The number of carbonyl (C=O) groups is 3. The van der Waals surface area contributed by atoms with Crippen LogP contribution in [0.2, 0.25) is 0 Å². The number of ketones is 1. The van der Waals surface area contributed by atoms with Crippen LogP contribution in [0.4, 0.5) is 0 Å². The highest BCUT2D eigenvalue weighted by molar-refractivity contribution is 6.39. The molecule has 3 atom stereocenters. The van der Waals surface area contributed by atoms with Crippen molar-refractivity contribution < 1.29 is 24.6 Å². The molecule has 0 saturated heterocycles. The molecule has 4 N–H and O–H groups in total. The van der Waals surface area contributed by atoms with E-state index in [9.17, 15) is 24.6 Å². The number of fused-ring (bicyclic) bond motifs is 10. The molecule has 1 aliphatic carbocycles. The monoisotopic (exact) mass is 439 g/mol. The van der Waals surface area contributed by atoms with Gasteiger partial charge in [0.05, 0.1) is 34.3 Å². The number of aliphatic hydroxyl groups excluding tert-OH is 2. The molecule has 33 heavy (non-hydrogen) atoms. The second-order valence-corrected chi connectivity index (χ2v) is 8.73. The Hall–Kier alpha value is -4.01. The van der Waals surface area contributed by atoms with Gasteiger partial charge >= 0.3 is 0 Å². The third-order valence-corrected chi connectivity index (χ3v) is 7.05. The number of H-pyrrole nitrogens is 1. The number of para-hydroxylation sites is 2. The SMILES string of the molecule is O=C1NC(=O)c2c1c1c3ccccc3[nH]c1c1c2c2ccccc2n1C1CC(O)[C@@H](O)C1=O. The van der Waals surface area contributed by atoms with Gasteiger partial charge in [-0.05, 0) is 12.1 Å². The molecule has 2 aromatic heterocycles. The van der Waals surface area contributed by atoms with Gasteiger partial charge in [0.1, 0.15) is 6.10 Å². The molecule has 0 radical (unpaired) electrons. The number of Topliss-reactive ketones (excluding diaryl/α,β-unsaturated/α-hetero) is 1. The van der Waals surface area contributed by atoms with Crippen LogP contribution in [0.3, 0.4) is 0 Å². The van der Waals surface area contributed by atoms with E-state index in [0.29, 0.717) is 32.9 Å². The predicted molar refractivity (Wildman–Crippen MR) is 121 cm³/mol. The maximum atomic E-state index is 13.0. The predicted octanol–water partition coefficient (Wildman–Crippen LogP) is 2.55. The molecule has 2 unspecified atom stereocenters. The standard InChI is InChI=1S/C25H17N3O5/c29-15-9-14(22(30)23(15)31)28-13-8-4-2-6-11(13)17-19-18(24(32)27-25(19)33)16-10-5-1-3-7-12(10)26-20(16)21(17)28/h1-8,14-15,23,26,29,31H,9H2,(H,27,32,33)/t14?,15?,23-/m1/s1. The Morgan fingerprint density at radius 1 is 0.848 bits per heavy atom. The fourth-order valence-electron chi connectivity index (χ4n) is 5.69. The highest BCUT2D eigenvalue weighted by Gasteiger charge is 2.44. The zero-order valence-corrected chi connectivity index (χ0v) is 17.1.